The molecule has 27 heavy (non-hydrogen) atoms. The molecule has 0 bridgehead atoms. The van der Waals surface area contributed by atoms with E-state index in [1.54, 1.807) is 50.4 Å². The Kier molecular flexibility index (Phi) is 5.84. The van der Waals surface area contributed by atoms with Crippen LogP contribution >= 0.6 is 11.6 Å². The zero-order chi connectivity index (χ0) is 19.4. The Hall–Kier alpha value is -2.35. The minimum atomic E-state index is -3.49. The molecule has 3 aromatic rings. The lowest BCUT2D eigenvalue weighted by Crippen LogP contribution is -2.30. The number of anilines is 1. The van der Waals surface area contributed by atoms with Gasteiger partial charge < -0.3 is 9.73 Å². The number of rotatable bonds is 7. The summed E-state index contributed by atoms with van der Waals surface area (Å²) in [7, 11) is -3.49. The maximum Gasteiger partial charge on any atom is 0.240 e. The molecule has 6 nitrogen and oxygen atoms in total. The minimum Gasteiger partial charge on any atom is -0.439 e. The highest BCUT2D eigenvalue weighted by atomic mass is 35.5. The first-order valence-corrected chi connectivity index (χ1v) is 10.3. The van der Waals surface area contributed by atoms with Gasteiger partial charge in [-0.05, 0) is 50.2 Å². The number of hydrogen-bond acceptors (Lipinski definition) is 5. The molecule has 0 saturated heterocycles. The molecule has 3 rings (SSSR count). The number of sulfonamides is 1. The van der Waals surface area contributed by atoms with Gasteiger partial charge in [-0.2, -0.15) is 0 Å². The number of oxazole rings is 1. The molecular formula is C19H20ClN3O3S. The average molecular weight is 406 g/mol. The summed E-state index contributed by atoms with van der Waals surface area (Å²) in [5.41, 5.74) is 1.62. The molecule has 0 radical (unpaired) electrons. The van der Waals surface area contributed by atoms with Gasteiger partial charge in [-0.25, -0.2) is 18.1 Å². The van der Waals surface area contributed by atoms with Gasteiger partial charge in [-0.3, -0.25) is 0 Å². The van der Waals surface area contributed by atoms with Crippen LogP contribution in [-0.4, -0.2) is 19.4 Å². The predicted molar refractivity (Wildman–Crippen MR) is 106 cm³/mol. The number of benzene rings is 2. The Morgan fingerprint density at radius 3 is 2.56 bits per heavy atom. The first kappa shape index (κ1) is 19.4. The van der Waals surface area contributed by atoms with E-state index >= 15 is 0 Å². The molecule has 2 aromatic carbocycles. The Bertz CT molecular complexity index is 1010. The number of hydrogen-bond donors (Lipinski definition) is 2. The molecule has 1 heterocycles. The van der Waals surface area contributed by atoms with Crippen molar-refractivity contribution < 1.29 is 12.8 Å². The van der Waals surface area contributed by atoms with Crippen molar-refractivity contribution in [2.24, 2.45) is 0 Å². The fourth-order valence-corrected chi connectivity index (χ4v) is 3.92. The summed E-state index contributed by atoms with van der Waals surface area (Å²) in [6, 6.07) is 13.7. The Balaban J connectivity index is 1.64. The fourth-order valence-electron chi connectivity index (χ4n) is 2.48. The molecule has 0 unspecified atom stereocenters. The number of nitrogens with one attached hydrogen (secondary N) is 2. The maximum absolute atomic E-state index is 12.1. The highest BCUT2D eigenvalue weighted by Crippen LogP contribution is 2.24. The van der Waals surface area contributed by atoms with Gasteiger partial charge in [0.05, 0.1) is 17.6 Å². The van der Waals surface area contributed by atoms with Gasteiger partial charge in [-0.15, -0.1) is 0 Å². The third kappa shape index (κ3) is 5.09. The van der Waals surface area contributed by atoms with Crippen LogP contribution in [0.25, 0.3) is 11.3 Å². The number of aromatic nitrogens is 1. The number of nitrogens with zero attached hydrogens (tertiary/aromatic N) is 1. The molecule has 0 aliphatic heterocycles. The van der Waals surface area contributed by atoms with E-state index < -0.39 is 10.0 Å². The molecule has 0 atom stereocenters. The molecular weight excluding hydrogens is 386 g/mol. The van der Waals surface area contributed by atoms with E-state index in [4.69, 9.17) is 16.0 Å². The average Bonchev–Trinajstić information content (AvgIpc) is 3.08. The molecule has 0 aliphatic carbocycles. The van der Waals surface area contributed by atoms with Crippen molar-refractivity contribution in [3.63, 3.8) is 0 Å². The summed E-state index contributed by atoms with van der Waals surface area (Å²) in [5, 5.41) is 3.79. The van der Waals surface area contributed by atoms with Crippen LogP contribution in [0.15, 0.2) is 64.0 Å². The monoisotopic (exact) mass is 405 g/mol. The summed E-state index contributed by atoms with van der Waals surface area (Å²) >= 11 is 5.99. The van der Waals surface area contributed by atoms with Crippen molar-refractivity contribution in [1.82, 2.24) is 9.71 Å². The molecule has 0 amide bonds. The third-order valence-corrected chi connectivity index (χ3v) is 5.57. The zero-order valence-corrected chi connectivity index (χ0v) is 16.5. The lowest BCUT2D eigenvalue weighted by atomic mass is 10.2. The second kappa shape index (κ2) is 8.12. The quantitative estimate of drug-likeness (QED) is 0.612. The first-order valence-electron chi connectivity index (χ1n) is 8.40. The van der Waals surface area contributed by atoms with Gasteiger partial charge in [0.25, 0.3) is 0 Å². The van der Waals surface area contributed by atoms with E-state index in [0.29, 0.717) is 23.2 Å². The van der Waals surface area contributed by atoms with Crippen molar-refractivity contribution in [1.29, 1.82) is 0 Å². The summed E-state index contributed by atoms with van der Waals surface area (Å²) in [4.78, 5) is 4.47. The molecule has 0 spiro atoms. The molecule has 142 valence electrons. The lowest BCUT2D eigenvalue weighted by Gasteiger charge is -2.10. The van der Waals surface area contributed by atoms with E-state index in [2.05, 4.69) is 15.0 Å². The smallest absolute Gasteiger partial charge is 0.240 e. The molecule has 2 N–H and O–H groups in total. The zero-order valence-electron chi connectivity index (χ0n) is 14.9. The largest absolute Gasteiger partial charge is 0.439 e. The van der Waals surface area contributed by atoms with Crippen LogP contribution in [0.5, 0.6) is 0 Å². The van der Waals surface area contributed by atoms with Crippen molar-refractivity contribution in [2.45, 2.75) is 31.3 Å². The maximum atomic E-state index is 12.1. The molecule has 0 fully saturated rings. The van der Waals surface area contributed by atoms with Crippen molar-refractivity contribution >= 4 is 27.3 Å². The summed E-state index contributed by atoms with van der Waals surface area (Å²) in [6.07, 6.45) is 1.65. The van der Waals surface area contributed by atoms with Crippen LogP contribution in [0.2, 0.25) is 5.02 Å². The van der Waals surface area contributed by atoms with E-state index in [0.717, 1.165) is 11.3 Å². The van der Waals surface area contributed by atoms with E-state index in [1.807, 2.05) is 18.2 Å². The van der Waals surface area contributed by atoms with Crippen molar-refractivity contribution in [2.75, 3.05) is 5.32 Å². The highest BCUT2D eigenvalue weighted by molar-refractivity contribution is 7.89. The van der Waals surface area contributed by atoms with Crippen molar-refractivity contribution in [3.8, 4) is 11.3 Å². The molecule has 0 aliphatic rings. The van der Waals surface area contributed by atoms with Gasteiger partial charge in [0.1, 0.15) is 0 Å². The van der Waals surface area contributed by atoms with Gasteiger partial charge in [0.15, 0.2) is 5.76 Å². The van der Waals surface area contributed by atoms with Crippen molar-refractivity contribution in [3.05, 3.63) is 65.6 Å². The van der Waals surface area contributed by atoms with E-state index in [9.17, 15) is 8.42 Å². The standard InChI is InChI=1S/C19H20ClN3O3S/c1-13(2)23-27(24,25)17-8-6-16(7-9-17)21-12-19-22-11-18(26-19)14-4-3-5-15(20)10-14/h3-11,13,21,23H,12H2,1-2H3. The van der Waals surface area contributed by atoms with Crippen LogP contribution in [-0.2, 0) is 16.6 Å². The Morgan fingerprint density at radius 2 is 1.89 bits per heavy atom. The number of halogens is 1. The third-order valence-electron chi connectivity index (χ3n) is 3.66. The normalized spacial score (nSPS) is 11.7. The summed E-state index contributed by atoms with van der Waals surface area (Å²) < 4.78 is 32.5. The lowest BCUT2D eigenvalue weighted by molar-refractivity contribution is 0.516. The van der Waals surface area contributed by atoms with Crippen LogP contribution in [0, 0.1) is 0 Å². The van der Waals surface area contributed by atoms with Gasteiger partial charge in [-0.1, -0.05) is 23.7 Å². The Labute approximate surface area is 163 Å². The molecule has 0 saturated carbocycles. The predicted octanol–water partition coefficient (Wildman–Crippen LogP) is 4.29. The SMILES string of the molecule is CC(C)NS(=O)(=O)c1ccc(NCc2ncc(-c3cccc(Cl)c3)o2)cc1. The van der Waals surface area contributed by atoms with Crippen LogP contribution in [0.1, 0.15) is 19.7 Å². The Morgan fingerprint density at radius 1 is 1.15 bits per heavy atom. The fraction of sp³-hybridized carbons (Fsp3) is 0.211. The van der Waals surface area contributed by atoms with Crippen LogP contribution in [0.4, 0.5) is 5.69 Å². The molecule has 1 aromatic heterocycles. The van der Waals surface area contributed by atoms with Gasteiger partial charge >= 0.3 is 0 Å². The topological polar surface area (TPSA) is 84.2 Å². The summed E-state index contributed by atoms with van der Waals surface area (Å²) in [6.45, 7) is 3.93. The minimum absolute atomic E-state index is 0.161. The van der Waals surface area contributed by atoms with Crippen LogP contribution < -0.4 is 10.0 Å². The van der Waals surface area contributed by atoms with Gasteiger partial charge in [0, 0.05) is 22.3 Å². The second-order valence-electron chi connectivity index (χ2n) is 6.28. The second-order valence-corrected chi connectivity index (χ2v) is 8.43. The summed E-state index contributed by atoms with van der Waals surface area (Å²) in [5.74, 6) is 1.15. The molecule has 8 heteroatoms. The van der Waals surface area contributed by atoms with Crippen LogP contribution in [0.3, 0.4) is 0 Å². The van der Waals surface area contributed by atoms with E-state index in [1.165, 1.54) is 0 Å². The van der Waals surface area contributed by atoms with E-state index in [-0.39, 0.29) is 10.9 Å². The highest BCUT2D eigenvalue weighted by Gasteiger charge is 2.15. The first-order chi connectivity index (χ1) is 12.8. The van der Waals surface area contributed by atoms with Gasteiger partial charge in [0.2, 0.25) is 15.9 Å².